The highest BCUT2D eigenvalue weighted by atomic mass is 16.5. The molecule has 9 heteroatoms. The molecule has 0 fully saturated rings. The Morgan fingerprint density at radius 3 is 1.82 bits per heavy atom. The first-order valence-corrected chi connectivity index (χ1v) is 12.2. The van der Waals surface area contributed by atoms with Crippen molar-refractivity contribution in [2.45, 2.75) is 40.0 Å². The van der Waals surface area contributed by atoms with Crippen LogP contribution in [0.1, 0.15) is 37.3 Å². The normalized spacial score (nSPS) is 10.3. The summed E-state index contributed by atoms with van der Waals surface area (Å²) in [5, 5.41) is 8.01. The van der Waals surface area contributed by atoms with Crippen LogP contribution in [0.4, 0.5) is 17.1 Å². The third-order valence-electron chi connectivity index (χ3n) is 5.49. The highest BCUT2D eigenvalue weighted by Crippen LogP contribution is 2.25. The van der Waals surface area contributed by atoms with Gasteiger partial charge in [-0.05, 0) is 92.1 Å². The number of carbonyl (C=O) groups excluding carboxylic acids is 4. The molecule has 0 saturated carbocycles. The fourth-order valence-corrected chi connectivity index (χ4v) is 3.39. The maximum absolute atomic E-state index is 12.2. The molecule has 0 aliphatic carbocycles. The first-order chi connectivity index (χ1) is 18.2. The number of anilines is 3. The van der Waals surface area contributed by atoms with Gasteiger partial charge in [0.05, 0.1) is 0 Å². The zero-order chi connectivity index (χ0) is 27.5. The summed E-state index contributed by atoms with van der Waals surface area (Å²) in [6.45, 7) is 5.03. The summed E-state index contributed by atoms with van der Waals surface area (Å²) in [4.78, 5) is 47.2. The monoisotopic (exact) mass is 517 g/mol. The first-order valence-electron chi connectivity index (χ1n) is 12.2. The molecule has 0 spiro atoms. The zero-order valence-corrected chi connectivity index (χ0v) is 21.6. The summed E-state index contributed by atoms with van der Waals surface area (Å²) in [6.07, 6.45) is 0.419. The molecule has 3 N–H and O–H groups in total. The van der Waals surface area contributed by atoms with E-state index < -0.39 is 18.5 Å². The van der Waals surface area contributed by atoms with Gasteiger partial charge in [-0.3, -0.25) is 19.2 Å². The molecule has 38 heavy (non-hydrogen) atoms. The van der Waals surface area contributed by atoms with Crippen LogP contribution < -0.4 is 20.7 Å². The minimum Gasteiger partial charge on any atom is -0.457 e. The second-order valence-corrected chi connectivity index (χ2v) is 8.74. The van der Waals surface area contributed by atoms with Crippen LogP contribution >= 0.6 is 0 Å². The van der Waals surface area contributed by atoms with Gasteiger partial charge < -0.3 is 25.4 Å². The number of hydrogen-bond donors (Lipinski definition) is 3. The van der Waals surface area contributed by atoms with Gasteiger partial charge in [-0.15, -0.1) is 0 Å². The Bertz CT molecular complexity index is 1290. The minimum absolute atomic E-state index is 0.00879. The van der Waals surface area contributed by atoms with E-state index in [-0.39, 0.29) is 31.1 Å². The fourth-order valence-electron chi connectivity index (χ4n) is 3.39. The third kappa shape index (κ3) is 9.42. The molecule has 198 valence electrons. The van der Waals surface area contributed by atoms with Crippen molar-refractivity contribution in [1.82, 2.24) is 0 Å². The summed E-state index contributed by atoms with van der Waals surface area (Å²) < 4.78 is 10.8. The summed E-state index contributed by atoms with van der Waals surface area (Å²) >= 11 is 0. The molecule has 3 amide bonds. The summed E-state index contributed by atoms with van der Waals surface area (Å²) in [5.74, 6) is -0.0950. The van der Waals surface area contributed by atoms with Crippen molar-refractivity contribution >= 4 is 40.8 Å². The standard InChI is InChI=1S/C29H31N3O6/c1-19-7-14-26(17-20(19)2)38-25-15-12-24(13-16-25)31-27(34)5-4-6-29(36)37-18-28(35)32-23-10-8-22(9-11-23)30-21(3)33/h7-17H,4-6,18H2,1-3H3,(H,30,33)(H,31,34)(H,32,35). The summed E-state index contributed by atoms with van der Waals surface area (Å²) in [7, 11) is 0. The predicted octanol–water partition coefficient (Wildman–Crippen LogP) is 5.34. The van der Waals surface area contributed by atoms with Gasteiger partial charge in [-0.1, -0.05) is 6.07 Å². The van der Waals surface area contributed by atoms with Crippen LogP contribution in [-0.2, 0) is 23.9 Å². The number of benzene rings is 3. The lowest BCUT2D eigenvalue weighted by atomic mass is 10.1. The molecule has 0 saturated heterocycles. The smallest absolute Gasteiger partial charge is 0.306 e. The van der Waals surface area contributed by atoms with Crippen molar-refractivity contribution in [3.63, 3.8) is 0 Å². The van der Waals surface area contributed by atoms with Gasteiger partial charge in [0.2, 0.25) is 11.8 Å². The van der Waals surface area contributed by atoms with Gasteiger partial charge in [0.1, 0.15) is 11.5 Å². The number of amides is 3. The van der Waals surface area contributed by atoms with Crippen LogP contribution in [0.25, 0.3) is 0 Å². The van der Waals surface area contributed by atoms with E-state index in [1.54, 1.807) is 48.5 Å². The number of aryl methyl sites for hydroxylation is 2. The predicted molar refractivity (Wildman–Crippen MR) is 145 cm³/mol. The Kier molecular flexibility index (Phi) is 9.99. The Morgan fingerprint density at radius 2 is 1.21 bits per heavy atom. The number of rotatable bonds is 11. The van der Waals surface area contributed by atoms with E-state index in [2.05, 4.69) is 16.0 Å². The maximum atomic E-state index is 12.2. The molecule has 9 nitrogen and oxygen atoms in total. The molecule has 0 heterocycles. The largest absolute Gasteiger partial charge is 0.457 e. The highest BCUT2D eigenvalue weighted by molar-refractivity contribution is 5.94. The lowest BCUT2D eigenvalue weighted by Gasteiger charge is -2.10. The van der Waals surface area contributed by atoms with Crippen molar-refractivity contribution in [1.29, 1.82) is 0 Å². The molecule has 0 atom stereocenters. The summed E-state index contributed by atoms with van der Waals surface area (Å²) in [6, 6.07) is 19.4. The van der Waals surface area contributed by atoms with E-state index in [0.717, 1.165) is 11.3 Å². The molecule has 3 aromatic carbocycles. The number of carbonyl (C=O) groups is 4. The molecule has 0 radical (unpaired) electrons. The molecular formula is C29H31N3O6. The van der Waals surface area contributed by atoms with E-state index >= 15 is 0 Å². The number of hydrogen-bond acceptors (Lipinski definition) is 6. The fraction of sp³-hybridized carbons (Fsp3) is 0.241. The van der Waals surface area contributed by atoms with Crippen LogP contribution in [0, 0.1) is 13.8 Å². The average molecular weight is 518 g/mol. The second-order valence-electron chi connectivity index (χ2n) is 8.74. The lowest BCUT2D eigenvalue weighted by molar-refractivity contribution is -0.147. The van der Waals surface area contributed by atoms with Crippen LogP contribution in [0.3, 0.4) is 0 Å². The quantitative estimate of drug-likeness (QED) is 0.295. The molecule has 0 unspecified atom stereocenters. The van der Waals surface area contributed by atoms with Gasteiger partial charge in [-0.25, -0.2) is 0 Å². The maximum Gasteiger partial charge on any atom is 0.306 e. The first kappa shape index (κ1) is 27.9. The van der Waals surface area contributed by atoms with Crippen LogP contribution in [0.5, 0.6) is 11.5 Å². The summed E-state index contributed by atoms with van der Waals surface area (Å²) in [5.41, 5.74) is 4.06. The molecule has 0 aromatic heterocycles. The van der Waals surface area contributed by atoms with E-state index in [9.17, 15) is 19.2 Å². The Labute approximate surface area is 221 Å². The molecular weight excluding hydrogens is 486 g/mol. The van der Waals surface area contributed by atoms with Gasteiger partial charge in [-0.2, -0.15) is 0 Å². The van der Waals surface area contributed by atoms with Gasteiger partial charge in [0, 0.05) is 36.8 Å². The van der Waals surface area contributed by atoms with E-state index in [0.29, 0.717) is 22.8 Å². The van der Waals surface area contributed by atoms with Crippen LogP contribution in [-0.4, -0.2) is 30.3 Å². The van der Waals surface area contributed by atoms with E-state index in [4.69, 9.17) is 9.47 Å². The van der Waals surface area contributed by atoms with Crippen LogP contribution in [0.2, 0.25) is 0 Å². The number of esters is 1. The molecule has 0 bridgehead atoms. The van der Waals surface area contributed by atoms with Gasteiger partial charge in [0.25, 0.3) is 5.91 Å². The zero-order valence-electron chi connectivity index (χ0n) is 21.6. The van der Waals surface area contributed by atoms with E-state index in [1.165, 1.54) is 12.5 Å². The van der Waals surface area contributed by atoms with Crippen molar-refractivity contribution < 1.29 is 28.7 Å². The molecule has 3 rings (SSSR count). The topological polar surface area (TPSA) is 123 Å². The Hall–Kier alpha value is -4.66. The second kappa shape index (κ2) is 13.6. The lowest BCUT2D eigenvalue weighted by Crippen LogP contribution is -2.21. The van der Waals surface area contributed by atoms with Gasteiger partial charge >= 0.3 is 5.97 Å². The van der Waals surface area contributed by atoms with Crippen molar-refractivity contribution in [2.75, 3.05) is 22.6 Å². The minimum atomic E-state index is -0.568. The SMILES string of the molecule is CC(=O)Nc1ccc(NC(=O)COC(=O)CCCC(=O)Nc2ccc(Oc3ccc(C)c(C)c3)cc2)cc1. The van der Waals surface area contributed by atoms with E-state index in [1.807, 2.05) is 32.0 Å². The van der Waals surface area contributed by atoms with Crippen molar-refractivity contribution in [3.8, 4) is 11.5 Å². The molecule has 3 aromatic rings. The Balaban J connectivity index is 1.32. The number of ether oxygens (including phenoxy) is 2. The average Bonchev–Trinajstić information content (AvgIpc) is 2.87. The van der Waals surface area contributed by atoms with Crippen LogP contribution in [0.15, 0.2) is 66.7 Å². The highest BCUT2D eigenvalue weighted by Gasteiger charge is 2.10. The van der Waals surface area contributed by atoms with Crippen molar-refractivity contribution in [3.05, 3.63) is 77.9 Å². The molecule has 0 aliphatic rings. The van der Waals surface area contributed by atoms with Crippen molar-refractivity contribution in [2.24, 2.45) is 0 Å². The Morgan fingerprint density at radius 1 is 0.658 bits per heavy atom. The van der Waals surface area contributed by atoms with Gasteiger partial charge in [0.15, 0.2) is 6.61 Å². The number of nitrogens with one attached hydrogen (secondary N) is 3. The molecule has 0 aliphatic heterocycles. The third-order valence-corrected chi connectivity index (χ3v) is 5.49.